The Labute approximate surface area is 117 Å². The lowest BCUT2D eigenvalue weighted by Crippen LogP contribution is -2.39. The van der Waals surface area contributed by atoms with Gasteiger partial charge in [-0.15, -0.1) is 0 Å². The minimum Gasteiger partial charge on any atom is -0.393 e. The van der Waals surface area contributed by atoms with E-state index >= 15 is 0 Å². The summed E-state index contributed by atoms with van der Waals surface area (Å²) in [5.41, 5.74) is 0. The first-order valence-electron chi connectivity index (χ1n) is 7.60. The van der Waals surface area contributed by atoms with E-state index in [1.807, 2.05) is 0 Å². The lowest BCUT2D eigenvalue weighted by Gasteiger charge is -2.31. The summed E-state index contributed by atoms with van der Waals surface area (Å²) >= 11 is 0. The topological polar surface area (TPSA) is 57.6 Å². The third-order valence-electron chi connectivity index (χ3n) is 4.77. The van der Waals surface area contributed by atoms with Crippen molar-refractivity contribution in [2.75, 3.05) is 19.3 Å². The molecule has 1 saturated carbocycles. The minimum atomic E-state index is -3.04. The van der Waals surface area contributed by atoms with Gasteiger partial charge in [0.15, 0.2) is 0 Å². The standard InChI is InChI=1S/C14H27NO3S/c1-19(17,18)15-10-4-5-12(11-15)8-9-14(16)13-6-2-3-7-13/h12-14,16H,2-11H2,1H3. The van der Waals surface area contributed by atoms with Gasteiger partial charge >= 0.3 is 0 Å². The van der Waals surface area contributed by atoms with Crippen LogP contribution in [-0.4, -0.2) is 43.3 Å². The van der Waals surface area contributed by atoms with Crippen molar-refractivity contribution in [2.24, 2.45) is 11.8 Å². The van der Waals surface area contributed by atoms with Gasteiger partial charge in [0.2, 0.25) is 10.0 Å². The molecule has 1 heterocycles. The maximum absolute atomic E-state index is 11.6. The average molecular weight is 289 g/mol. The first-order valence-corrected chi connectivity index (χ1v) is 9.45. The van der Waals surface area contributed by atoms with Gasteiger partial charge in [0.25, 0.3) is 0 Å². The van der Waals surface area contributed by atoms with Gasteiger partial charge in [-0.1, -0.05) is 12.8 Å². The van der Waals surface area contributed by atoms with Gasteiger partial charge < -0.3 is 5.11 Å². The predicted molar refractivity (Wildman–Crippen MR) is 76.3 cm³/mol. The monoisotopic (exact) mass is 289 g/mol. The van der Waals surface area contributed by atoms with Crippen LogP contribution in [0.3, 0.4) is 0 Å². The van der Waals surface area contributed by atoms with Crippen molar-refractivity contribution in [3.63, 3.8) is 0 Å². The molecule has 2 unspecified atom stereocenters. The van der Waals surface area contributed by atoms with Crippen molar-refractivity contribution in [3.8, 4) is 0 Å². The lowest BCUT2D eigenvalue weighted by molar-refractivity contribution is 0.0901. The number of aliphatic hydroxyl groups is 1. The number of rotatable bonds is 5. The molecule has 2 atom stereocenters. The van der Waals surface area contributed by atoms with Crippen molar-refractivity contribution in [3.05, 3.63) is 0 Å². The van der Waals surface area contributed by atoms with Crippen LogP contribution < -0.4 is 0 Å². The number of nitrogens with zero attached hydrogens (tertiary/aromatic N) is 1. The molecular formula is C14H27NO3S. The Morgan fingerprint density at radius 3 is 2.53 bits per heavy atom. The molecule has 0 aromatic rings. The van der Waals surface area contributed by atoms with Gasteiger partial charge in [-0.05, 0) is 50.4 Å². The molecule has 1 saturated heterocycles. The SMILES string of the molecule is CS(=O)(=O)N1CCCC(CCC(O)C2CCCC2)C1. The maximum atomic E-state index is 11.6. The van der Waals surface area contributed by atoms with E-state index in [-0.39, 0.29) is 6.10 Å². The second kappa shape index (κ2) is 6.55. The summed E-state index contributed by atoms with van der Waals surface area (Å²) < 4.78 is 24.7. The molecule has 0 spiro atoms. The van der Waals surface area contributed by atoms with Crippen molar-refractivity contribution in [2.45, 2.75) is 57.5 Å². The summed E-state index contributed by atoms with van der Waals surface area (Å²) in [7, 11) is -3.04. The van der Waals surface area contributed by atoms with Crippen LogP contribution in [0.4, 0.5) is 0 Å². The van der Waals surface area contributed by atoms with Crippen LogP contribution >= 0.6 is 0 Å². The average Bonchev–Trinajstić information content (AvgIpc) is 2.89. The first kappa shape index (κ1) is 15.3. The molecule has 1 N–H and O–H groups in total. The maximum Gasteiger partial charge on any atom is 0.211 e. The summed E-state index contributed by atoms with van der Waals surface area (Å²) in [4.78, 5) is 0. The zero-order chi connectivity index (χ0) is 13.9. The number of sulfonamides is 1. The van der Waals surface area contributed by atoms with E-state index in [9.17, 15) is 13.5 Å². The smallest absolute Gasteiger partial charge is 0.211 e. The fraction of sp³-hybridized carbons (Fsp3) is 1.00. The van der Waals surface area contributed by atoms with E-state index in [2.05, 4.69) is 0 Å². The van der Waals surface area contributed by atoms with E-state index in [4.69, 9.17) is 0 Å². The minimum absolute atomic E-state index is 0.170. The van der Waals surface area contributed by atoms with Gasteiger partial charge in [0, 0.05) is 13.1 Å². The Morgan fingerprint density at radius 1 is 1.21 bits per heavy atom. The Hall–Kier alpha value is -0.130. The number of aliphatic hydroxyl groups excluding tert-OH is 1. The van der Waals surface area contributed by atoms with Crippen molar-refractivity contribution in [1.29, 1.82) is 0 Å². The highest BCUT2D eigenvalue weighted by molar-refractivity contribution is 7.88. The Balaban J connectivity index is 1.76. The molecule has 4 nitrogen and oxygen atoms in total. The summed E-state index contributed by atoms with van der Waals surface area (Å²) in [6, 6.07) is 0. The molecule has 1 aliphatic heterocycles. The molecule has 0 amide bonds. The number of hydrogen-bond acceptors (Lipinski definition) is 3. The third kappa shape index (κ3) is 4.43. The summed E-state index contributed by atoms with van der Waals surface area (Å²) in [5, 5.41) is 10.2. The highest BCUT2D eigenvalue weighted by Gasteiger charge is 2.28. The second-order valence-electron chi connectivity index (χ2n) is 6.32. The molecule has 5 heteroatoms. The van der Waals surface area contributed by atoms with Crippen LogP contribution in [-0.2, 0) is 10.0 Å². The van der Waals surface area contributed by atoms with Crippen LogP contribution in [0.2, 0.25) is 0 Å². The molecule has 112 valence electrons. The molecule has 0 bridgehead atoms. The Bertz CT molecular complexity index is 376. The molecular weight excluding hydrogens is 262 g/mol. The predicted octanol–water partition coefficient (Wildman–Crippen LogP) is 1.99. The first-order chi connectivity index (χ1) is 8.97. The zero-order valence-corrected chi connectivity index (χ0v) is 12.7. The van der Waals surface area contributed by atoms with Gasteiger partial charge in [0.1, 0.15) is 0 Å². The highest BCUT2D eigenvalue weighted by Crippen LogP contribution is 2.31. The van der Waals surface area contributed by atoms with Crippen LogP contribution in [0.1, 0.15) is 51.4 Å². The van der Waals surface area contributed by atoms with Gasteiger partial charge in [-0.3, -0.25) is 0 Å². The molecule has 2 rings (SSSR count). The van der Waals surface area contributed by atoms with Crippen LogP contribution in [0.25, 0.3) is 0 Å². The molecule has 0 aromatic heterocycles. The number of piperidine rings is 1. The Morgan fingerprint density at radius 2 is 1.89 bits per heavy atom. The van der Waals surface area contributed by atoms with Crippen LogP contribution in [0.5, 0.6) is 0 Å². The molecule has 2 aliphatic rings. The second-order valence-corrected chi connectivity index (χ2v) is 8.30. The molecule has 1 aliphatic carbocycles. The summed E-state index contributed by atoms with van der Waals surface area (Å²) in [6.07, 6.45) is 9.83. The van der Waals surface area contributed by atoms with Crippen molar-refractivity contribution in [1.82, 2.24) is 4.31 Å². The van der Waals surface area contributed by atoms with E-state index in [1.165, 1.54) is 31.9 Å². The molecule has 0 aromatic carbocycles. The van der Waals surface area contributed by atoms with E-state index in [0.717, 1.165) is 25.7 Å². The molecule has 19 heavy (non-hydrogen) atoms. The quantitative estimate of drug-likeness (QED) is 0.842. The van der Waals surface area contributed by atoms with Crippen molar-refractivity contribution < 1.29 is 13.5 Å². The fourth-order valence-electron chi connectivity index (χ4n) is 3.55. The third-order valence-corrected chi connectivity index (χ3v) is 6.04. The highest BCUT2D eigenvalue weighted by atomic mass is 32.2. The van der Waals surface area contributed by atoms with Crippen LogP contribution in [0, 0.1) is 11.8 Å². The number of hydrogen-bond donors (Lipinski definition) is 1. The van der Waals surface area contributed by atoms with Gasteiger partial charge in [-0.25, -0.2) is 12.7 Å². The van der Waals surface area contributed by atoms with E-state index in [1.54, 1.807) is 4.31 Å². The zero-order valence-electron chi connectivity index (χ0n) is 11.9. The van der Waals surface area contributed by atoms with Gasteiger partial charge in [-0.2, -0.15) is 0 Å². The summed E-state index contributed by atoms with van der Waals surface area (Å²) in [5.74, 6) is 0.925. The summed E-state index contributed by atoms with van der Waals surface area (Å²) in [6.45, 7) is 1.32. The van der Waals surface area contributed by atoms with E-state index < -0.39 is 10.0 Å². The van der Waals surface area contributed by atoms with Crippen LogP contribution in [0.15, 0.2) is 0 Å². The van der Waals surface area contributed by atoms with E-state index in [0.29, 0.717) is 24.9 Å². The van der Waals surface area contributed by atoms with Gasteiger partial charge in [0.05, 0.1) is 12.4 Å². The largest absolute Gasteiger partial charge is 0.393 e. The fourth-order valence-corrected chi connectivity index (χ4v) is 4.49. The van der Waals surface area contributed by atoms with Crippen molar-refractivity contribution >= 4 is 10.0 Å². The Kier molecular flexibility index (Phi) is 5.26. The normalized spacial score (nSPS) is 28.6. The molecule has 2 fully saturated rings. The lowest BCUT2D eigenvalue weighted by atomic mass is 9.89. The molecule has 0 radical (unpaired) electrons.